The maximum absolute atomic E-state index is 5.44. The van der Waals surface area contributed by atoms with Crippen LogP contribution in [-0.2, 0) is 6.54 Å². The molecule has 0 aromatic carbocycles. The van der Waals surface area contributed by atoms with Crippen molar-refractivity contribution in [3.05, 3.63) is 28.1 Å². The van der Waals surface area contributed by atoms with Crippen LogP contribution in [0.5, 0.6) is 0 Å². The Balaban J connectivity index is 2.70. The van der Waals surface area contributed by atoms with Crippen LogP contribution in [0.4, 0.5) is 0 Å². The zero-order valence-corrected chi connectivity index (χ0v) is 8.74. The van der Waals surface area contributed by atoms with Crippen molar-refractivity contribution >= 4 is 21.6 Å². The third kappa shape index (κ3) is 1.45. The summed E-state index contributed by atoms with van der Waals surface area (Å²) in [6.45, 7) is 2.39. The summed E-state index contributed by atoms with van der Waals surface area (Å²) >= 11 is 3.43. The topological polar surface area (TPSA) is 56.2 Å². The second-order valence-corrected chi connectivity index (χ2v) is 3.69. The van der Waals surface area contributed by atoms with Crippen LogP contribution in [0.3, 0.4) is 0 Å². The normalized spacial score (nSPS) is 11.0. The van der Waals surface area contributed by atoms with E-state index in [1.165, 1.54) is 0 Å². The van der Waals surface area contributed by atoms with Crippen LogP contribution < -0.4 is 5.73 Å². The van der Waals surface area contributed by atoms with Gasteiger partial charge in [0.25, 0.3) is 0 Å². The first-order valence-corrected chi connectivity index (χ1v) is 4.71. The third-order valence-corrected chi connectivity index (χ3v) is 2.67. The standard InChI is InChI=1S/C8H9BrN4/c1-5-2-8-11-7(3-10)12-13(8)4-6(5)9/h2,4H,3,10H2,1H3. The van der Waals surface area contributed by atoms with Crippen LogP contribution in [0.1, 0.15) is 11.4 Å². The number of nitrogens with two attached hydrogens (primary N) is 1. The Labute approximate surface area is 83.9 Å². The van der Waals surface area contributed by atoms with Crippen molar-refractivity contribution in [2.75, 3.05) is 0 Å². The molecule has 0 aliphatic carbocycles. The molecule has 0 aliphatic rings. The Hall–Kier alpha value is -0.940. The van der Waals surface area contributed by atoms with E-state index in [9.17, 15) is 0 Å². The molecule has 0 saturated heterocycles. The molecule has 0 saturated carbocycles. The fourth-order valence-electron chi connectivity index (χ4n) is 1.13. The Morgan fingerprint density at radius 1 is 1.62 bits per heavy atom. The van der Waals surface area contributed by atoms with Gasteiger partial charge in [0.05, 0.1) is 6.54 Å². The van der Waals surface area contributed by atoms with Crippen molar-refractivity contribution in [3.8, 4) is 0 Å². The highest BCUT2D eigenvalue weighted by Gasteiger charge is 2.03. The maximum Gasteiger partial charge on any atom is 0.165 e. The average molecular weight is 241 g/mol. The molecule has 0 bridgehead atoms. The number of hydrogen-bond donors (Lipinski definition) is 1. The van der Waals surface area contributed by atoms with Gasteiger partial charge in [0.2, 0.25) is 0 Å². The smallest absolute Gasteiger partial charge is 0.165 e. The van der Waals surface area contributed by atoms with Crippen LogP contribution in [0.25, 0.3) is 5.65 Å². The van der Waals surface area contributed by atoms with Gasteiger partial charge >= 0.3 is 0 Å². The molecule has 0 unspecified atom stereocenters. The van der Waals surface area contributed by atoms with Crippen LogP contribution in [-0.4, -0.2) is 14.6 Å². The van der Waals surface area contributed by atoms with E-state index in [1.807, 2.05) is 19.2 Å². The second-order valence-electron chi connectivity index (χ2n) is 2.84. The SMILES string of the molecule is Cc1cc2nc(CN)nn2cc1Br. The molecule has 2 N–H and O–H groups in total. The summed E-state index contributed by atoms with van der Waals surface area (Å²) in [4.78, 5) is 4.24. The van der Waals surface area contributed by atoms with E-state index in [-0.39, 0.29) is 0 Å². The highest BCUT2D eigenvalue weighted by atomic mass is 79.9. The molecule has 2 rings (SSSR count). The van der Waals surface area contributed by atoms with Gasteiger partial charge in [0.1, 0.15) is 0 Å². The van der Waals surface area contributed by atoms with E-state index < -0.39 is 0 Å². The largest absolute Gasteiger partial charge is 0.324 e. The van der Waals surface area contributed by atoms with E-state index in [4.69, 9.17) is 5.73 Å². The number of halogens is 1. The lowest BCUT2D eigenvalue weighted by Gasteiger charge is -1.96. The van der Waals surface area contributed by atoms with Gasteiger partial charge in [0, 0.05) is 10.7 Å². The molecule has 2 aromatic heterocycles. The van der Waals surface area contributed by atoms with Crippen LogP contribution in [0.15, 0.2) is 16.7 Å². The molecule has 0 radical (unpaired) electrons. The minimum Gasteiger partial charge on any atom is -0.324 e. The van der Waals surface area contributed by atoms with Gasteiger partial charge in [0.15, 0.2) is 11.5 Å². The summed E-state index contributed by atoms with van der Waals surface area (Å²) in [6.07, 6.45) is 1.89. The van der Waals surface area contributed by atoms with Crippen molar-refractivity contribution in [1.29, 1.82) is 0 Å². The van der Waals surface area contributed by atoms with Crippen molar-refractivity contribution < 1.29 is 0 Å². The fourth-order valence-corrected chi connectivity index (χ4v) is 1.44. The van der Waals surface area contributed by atoms with Crippen molar-refractivity contribution in [1.82, 2.24) is 14.6 Å². The van der Waals surface area contributed by atoms with Gasteiger partial charge < -0.3 is 5.73 Å². The summed E-state index contributed by atoms with van der Waals surface area (Å²) in [5.74, 6) is 0.664. The van der Waals surface area contributed by atoms with Crippen molar-refractivity contribution in [3.63, 3.8) is 0 Å². The number of fused-ring (bicyclic) bond motifs is 1. The molecule has 0 spiro atoms. The first kappa shape index (κ1) is 8.65. The average Bonchev–Trinajstić information content (AvgIpc) is 2.48. The molecule has 2 aromatic rings. The minimum atomic E-state index is 0.373. The zero-order valence-electron chi connectivity index (χ0n) is 7.16. The molecule has 0 amide bonds. The van der Waals surface area contributed by atoms with E-state index >= 15 is 0 Å². The Morgan fingerprint density at radius 2 is 2.38 bits per heavy atom. The first-order valence-electron chi connectivity index (χ1n) is 3.92. The Kier molecular flexibility index (Phi) is 2.05. The number of hydrogen-bond acceptors (Lipinski definition) is 3. The number of aryl methyl sites for hydroxylation is 1. The summed E-state index contributed by atoms with van der Waals surface area (Å²) < 4.78 is 2.74. The molecule has 13 heavy (non-hydrogen) atoms. The monoisotopic (exact) mass is 240 g/mol. The van der Waals surface area contributed by atoms with Crippen molar-refractivity contribution in [2.24, 2.45) is 5.73 Å². The fraction of sp³-hybridized carbons (Fsp3) is 0.250. The quantitative estimate of drug-likeness (QED) is 0.817. The highest BCUT2D eigenvalue weighted by Crippen LogP contribution is 2.16. The van der Waals surface area contributed by atoms with Crippen LogP contribution >= 0.6 is 15.9 Å². The zero-order chi connectivity index (χ0) is 9.42. The Morgan fingerprint density at radius 3 is 3.08 bits per heavy atom. The van der Waals surface area contributed by atoms with Crippen molar-refractivity contribution in [2.45, 2.75) is 13.5 Å². The minimum absolute atomic E-state index is 0.373. The molecule has 0 atom stereocenters. The molecule has 2 heterocycles. The number of aromatic nitrogens is 3. The van der Waals surface area contributed by atoms with E-state index in [0.29, 0.717) is 12.4 Å². The van der Waals surface area contributed by atoms with E-state index in [0.717, 1.165) is 15.7 Å². The van der Waals surface area contributed by atoms with E-state index in [1.54, 1.807) is 4.52 Å². The van der Waals surface area contributed by atoms with Gasteiger partial charge in [-0.3, -0.25) is 0 Å². The molecular formula is C8H9BrN4. The summed E-state index contributed by atoms with van der Waals surface area (Å²) in [7, 11) is 0. The lowest BCUT2D eigenvalue weighted by Crippen LogP contribution is -1.98. The lowest BCUT2D eigenvalue weighted by molar-refractivity contribution is 0.866. The summed E-state index contributed by atoms with van der Waals surface area (Å²) in [5, 5.41) is 4.18. The van der Waals surface area contributed by atoms with Gasteiger partial charge in [-0.05, 0) is 34.5 Å². The lowest BCUT2D eigenvalue weighted by atomic mass is 10.3. The predicted octanol–water partition coefficient (Wildman–Crippen LogP) is 1.26. The van der Waals surface area contributed by atoms with Crippen LogP contribution in [0.2, 0.25) is 0 Å². The number of nitrogens with zero attached hydrogens (tertiary/aromatic N) is 3. The second kappa shape index (κ2) is 3.08. The number of rotatable bonds is 1. The van der Waals surface area contributed by atoms with E-state index in [2.05, 4.69) is 26.0 Å². The first-order chi connectivity index (χ1) is 6.20. The molecule has 68 valence electrons. The van der Waals surface area contributed by atoms with Gasteiger partial charge in [-0.15, -0.1) is 5.10 Å². The predicted molar refractivity (Wildman–Crippen MR) is 53.3 cm³/mol. The highest BCUT2D eigenvalue weighted by molar-refractivity contribution is 9.10. The molecule has 4 nitrogen and oxygen atoms in total. The molecule has 5 heteroatoms. The number of pyridine rings is 1. The maximum atomic E-state index is 5.44. The third-order valence-electron chi connectivity index (χ3n) is 1.84. The Bertz CT molecular complexity index is 410. The summed E-state index contributed by atoms with van der Waals surface area (Å²) in [5.41, 5.74) is 7.42. The van der Waals surface area contributed by atoms with Crippen LogP contribution in [0, 0.1) is 6.92 Å². The van der Waals surface area contributed by atoms with Gasteiger partial charge in [-0.2, -0.15) is 0 Å². The molecule has 0 aliphatic heterocycles. The molecular weight excluding hydrogens is 232 g/mol. The molecule has 0 fully saturated rings. The van der Waals surface area contributed by atoms with Gasteiger partial charge in [-0.25, -0.2) is 9.50 Å². The van der Waals surface area contributed by atoms with Gasteiger partial charge in [-0.1, -0.05) is 0 Å². The summed E-state index contributed by atoms with van der Waals surface area (Å²) in [6, 6.07) is 1.97.